The van der Waals surface area contributed by atoms with Gasteiger partial charge in [-0.15, -0.1) is 0 Å². The van der Waals surface area contributed by atoms with E-state index in [2.05, 4.69) is 33.9 Å². The zero-order valence-corrected chi connectivity index (χ0v) is 16.5. The second-order valence-electron chi connectivity index (χ2n) is 8.19. The van der Waals surface area contributed by atoms with Crippen molar-refractivity contribution in [2.75, 3.05) is 18.0 Å². The van der Waals surface area contributed by atoms with E-state index >= 15 is 0 Å². The number of ether oxygens (including phenoxy) is 1. The first-order chi connectivity index (χ1) is 11.0. The Morgan fingerprint density at radius 2 is 1.88 bits per heavy atom. The molecule has 0 radical (unpaired) electrons. The quantitative estimate of drug-likeness (QED) is 0.552. The van der Waals surface area contributed by atoms with Gasteiger partial charge in [-0.3, -0.25) is 0 Å². The van der Waals surface area contributed by atoms with E-state index in [1.165, 1.54) is 0 Å². The molecule has 1 aromatic rings. The third kappa shape index (κ3) is 3.09. The Morgan fingerprint density at radius 3 is 2.38 bits per heavy atom. The van der Waals surface area contributed by atoms with Gasteiger partial charge in [0.2, 0.25) is 0 Å². The molecule has 7 heteroatoms. The number of hydrogen-bond acceptors (Lipinski definition) is 3. The van der Waals surface area contributed by atoms with Gasteiger partial charge in [-0.05, 0) is 30.3 Å². The van der Waals surface area contributed by atoms with Crippen molar-refractivity contribution in [3.63, 3.8) is 0 Å². The molecule has 1 aromatic carbocycles. The Labute approximate surface area is 148 Å². The van der Waals surface area contributed by atoms with Crippen LogP contribution in [-0.2, 0) is 9.16 Å². The monoisotopic (exact) mass is 375 g/mol. The van der Waals surface area contributed by atoms with E-state index in [0.717, 1.165) is 12.1 Å². The van der Waals surface area contributed by atoms with Crippen LogP contribution in [0.15, 0.2) is 12.1 Å². The maximum atomic E-state index is 14.1. The molecular formula is C17H24ClF2NO2Si. The summed E-state index contributed by atoms with van der Waals surface area (Å²) >= 11 is 5.70. The van der Waals surface area contributed by atoms with Gasteiger partial charge in [-0.25, -0.2) is 8.78 Å². The normalized spacial score (nSPS) is 27.2. The van der Waals surface area contributed by atoms with Crippen LogP contribution in [0, 0.1) is 11.6 Å². The standard InChI is InChI=1S/C17H24ClF2NO2Si/c1-16(2,3)24(4,5)23-17-6-7-21(10-14(17)22-17)15-12(19)8-11(18)9-13(15)20/h8-9,14H,6-7,10H2,1-5H3. The van der Waals surface area contributed by atoms with Crippen molar-refractivity contribution >= 4 is 25.6 Å². The highest BCUT2D eigenvalue weighted by atomic mass is 35.5. The van der Waals surface area contributed by atoms with Crippen LogP contribution < -0.4 is 4.90 Å². The van der Waals surface area contributed by atoms with Crippen LogP contribution in [0.5, 0.6) is 0 Å². The molecule has 2 unspecified atom stereocenters. The first-order valence-corrected chi connectivity index (χ1v) is 11.5. The molecule has 3 rings (SSSR count). The van der Waals surface area contributed by atoms with Crippen LogP contribution in [0.3, 0.4) is 0 Å². The molecule has 2 fully saturated rings. The number of rotatable bonds is 3. The topological polar surface area (TPSA) is 25.0 Å². The summed E-state index contributed by atoms with van der Waals surface area (Å²) in [5.74, 6) is -1.85. The van der Waals surface area contributed by atoms with Gasteiger partial charge in [0.05, 0.1) is 0 Å². The Hall–Kier alpha value is -0.693. The van der Waals surface area contributed by atoms with E-state index in [4.69, 9.17) is 20.8 Å². The Kier molecular flexibility index (Phi) is 4.27. The summed E-state index contributed by atoms with van der Waals surface area (Å²) in [6, 6.07) is 2.28. The Morgan fingerprint density at radius 1 is 1.29 bits per heavy atom. The number of nitrogens with zero attached hydrogens (tertiary/aromatic N) is 1. The number of benzene rings is 1. The lowest BCUT2D eigenvalue weighted by atomic mass is 10.1. The van der Waals surface area contributed by atoms with E-state index in [1.54, 1.807) is 4.90 Å². The third-order valence-corrected chi connectivity index (χ3v) is 10.1. The summed E-state index contributed by atoms with van der Waals surface area (Å²) in [6.07, 6.45) is 0.459. The molecule has 2 aliphatic rings. The van der Waals surface area contributed by atoms with Gasteiger partial charge in [-0.1, -0.05) is 32.4 Å². The minimum Gasteiger partial charge on any atom is -0.388 e. The highest BCUT2D eigenvalue weighted by Crippen LogP contribution is 2.51. The van der Waals surface area contributed by atoms with Crippen molar-refractivity contribution in [2.45, 2.75) is 57.2 Å². The summed E-state index contributed by atoms with van der Waals surface area (Å²) in [5.41, 5.74) is -0.0316. The van der Waals surface area contributed by atoms with Crippen molar-refractivity contribution in [1.29, 1.82) is 0 Å². The summed E-state index contributed by atoms with van der Waals surface area (Å²) in [4.78, 5) is 1.69. The average molecular weight is 376 g/mol. The first-order valence-electron chi connectivity index (χ1n) is 8.23. The number of anilines is 1. The van der Waals surface area contributed by atoms with E-state index in [0.29, 0.717) is 19.5 Å². The highest BCUT2D eigenvalue weighted by molar-refractivity contribution is 6.74. The lowest BCUT2D eigenvalue weighted by molar-refractivity contribution is 0.0410. The minimum absolute atomic E-state index is 0.0316. The van der Waals surface area contributed by atoms with E-state index in [9.17, 15) is 8.78 Å². The molecule has 2 atom stereocenters. The first kappa shape index (κ1) is 18.1. The molecule has 0 saturated carbocycles. The SMILES string of the molecule is CC(C)(C)[Si](C)(C)OC12CCN(c3c(F)cc(Cl)cc3F)CC1O2. The molecule has 3 nitrogen and oxygen atoms in total. The lowest BCUT2D eigenvalue weighted by Gasteiger charge is -2.40. The summed E-state index contributed by atoms with van der Waals surface area (Å²) in [5, 5.41) is 0.146. The van der Waals surface area contributed by atoms with Crippen molar-refractivity contribution in [3.05, 3.63) is 28.8 Å². The van der Waals surface area contributed by atoms with Crippen molar-refractivity contribution in [1.82, 2.24) is 0 Å². The second-order valence-corrected chi connectivity index (χ2v) is 13.4. The number of epoxide rings is 1. The number of hydrogen-bond donors (Lipinski definition) is 0. The van der Waals surface area contributed by atoms with Crippen LogP contribution in [0.4, 0.5) is 14.5 Å². The molecule has 2 heterocycles. The summed E-state index contributed by atoms with van der Waals surface area (Å²) < 4.78 is 40.6. The zero-order valence-electron chi connectivity index (χ0n) is 14.8. The molecule has 24 heavy (non-hydrogen) atoms. The van der Waals surface area contributed by atoms with Crippen molar-refractivity contribution < 1.29 is 17.9 Å². The van der Waals surface area contributed by atoms with Gasteiger partial charge in [0.15, 0.2) is 25.7 Å². The average Bonchev–Trinajstić information content (AvgIpc) is 3.08. The van der Waals surface area contributed by atoms with Gasteiger partial charge < -0.3 is 14.1 Å². The molecule has 0 amide bonds. The van der Waals surface area contributed by atoms with Crippen LogP contribution in [-0.4, -0.2) is 33.3 Å². The zero-order chi connectivity index (χ0) is 17.9. The van der Waals surface area contributed by atoms with E-state index in [1.807, 2.05) is 0 Å². The molecule has 0 aliphatic carbocycles. The van der Waals surface area contributed by atoms with E-state index < -0.39 is 25.7 Å². The summed E-state index contributed by atoms with van der Waals surface area (Å²) in [6.45, 7) is 11.8. The highest BCUT2D eigenvalue weighted by Gasteiger charge is 2.63. The maximum Gasteiger partial charge on any atom is 0.195 e. The predicted octanol–water partition coefficient (Wildman–Crippen LogP) is 4.95. The molecular weight excluding hydrogens is 352 g/mol. The number of fused-ring (bicyclic) bond motifs is 1. The molecule has 134 valence electrons. The number of halogens is 3. The largest absolute Gasteiger partial charge is 0.388 e. The van der Waals surface area contributed by atoms with Crippen molar-refractivity contribution in [2.24, 2.45) is 0 Å². The van der Waals surface area contributed by atoms with Crippen LogP contribution >= 0.6 is 11.6 Å². The Balaban J connectivity index is 1.74. The van der Waals surface area contributed by atoms with Crippen molar-refractivity contribution in [3.8, 4) is 0 Å². The number of piperidine rings is 1. The van der Waals surface area contributed by atoms with Gasteiger partial charge in [0.1, 0.15) is 11.8 Å². The van der Waals surface area contributed by atoms with Gasteiger partial charge in [0.25, 0.3) is 0 Å². The van der Waals surface area contributed by atoms with E-state index in [-0.39, 0.29) is 21.9 Å². The van der Waals surface area contributed by atoms with Gasteiger partial charge >= 0.3 is 0 Å². The lowest BCUT2D eigenvalue weighted by Crippen LogP contribution is -2.50. The smallest absolute Gasteiger partial charge is 0.195 e. The van der Waals surface area contributed by atoms with Crippen LogP contribution in [0.1, 0.15) is 27.2 Å². The summed E-state index contributed by atoms with van der Waals surface area (Å²) in [7, 11) is -1.96. The minimum atomic E-state index is -1.96. The fraction of sp³-hybridized carbons (Fsp3) is 0.647. The molecule has 0 aromatic heterocycles. The maximum absolute atomic E-state index is 14.1. The fourth-order valence-corrected chi connectivity index (χ4v) is 4.59. The van der Waals surface area contributed by atoms with Gasteiger partial charge in [-0.2, -0.15) is 0 Å². The Bertz CT molecular complexity index is 641. The van der Waals surface area contributed by atoms with Crippen LogP contribution in [0.25, 0.3) is 0 Å². The van der Waals surface area contributed by atoms with Gasteiger partial charge in [0, 0.05) is 24.5 Å². The molecule has 0 spiro atoms. The molecule has 0 N–H and O–H groups in total. The van der Waals surface area contributed by atoms with Crippen LogP contribution in [0.2, 0.25) is 23.2 Å². The predicted molar refractivity (Wildman–Crippen MR) is 94.1 cm³/mol. The molecule has 0 bridgehead atoms. The fourth-order valence-electron chi connectivity index (χ4n) is 2.95. The molecule has 2 saturated heterocycles. The third-order valence-electron chi connectivity index (χ3n) is 5.42. The molecule has 2 aliphatic heterocycles. The second kappa shape index (κ2) is 5.66.